The number of benzene rings is 1. The number of rotatable bonds is 3. The van der Waals surface area contributed by atoms with Gasteiger partial charge in [-0.2, -0.15) is 0 Å². The van der Waals surface area contributed by atoms with Crippen LogP contribution in [0.4, 0.5) is 0 Å². The molecule has 1 N–H and O–H groups in total. The SMILES string of the molecule is O=C(O)C1CCN(C(=O)[C@@H]2C[C@@H]2c2ccc(Cl)c(Cl)c2)CC1. The maximum Gasteiger partial charge on any atom is 0.306 e. The Labute approximate surface area is 139 Å². The Kier molecular flexibility index (Phi) is 4.33. The number of carboxylic acid groups (broad SMARTS) is 1. The number of halogens is 2. The highest BCUT2D eigenvalue weighted by atomic mass is 35.5. The van der Waals surface area contributed by atoms with Crippen LogP contribution in [0.5, 0.6) is 0 Å². The molecule has 1 saturated carbocycles. The average Bonchev–Trinajstić information content (AvgIpc) is 3.30. The molecule has 1 amide bonds. The molecule has 0 spiro atoms. The summed E-state index contributed by atoms with van der Waals surface area (Å²) in [6.45, 7) is 1.08. The molecule has 1 aromatic carbocycles. The van der Waals surface area contributed by atoms with Crippen molar-refractivity contribution in [3.8, 4) is 0 Å². The lowest BCUT2D eigenvalue weighted by Gasteiger charge is -2.30. The molecule has 3 rings (SSSR count). The Morgan fingerprint density at radius 2 is 1.82 bits per heavy atom. The first-order valence-electron chi connectivity index (χ1n) is 7.44. The van der Waals surface area contributed by atoms with Crippen LogP contribution >= 0.6 is 23.2 Å². The van der Waals surface area contributed by atoms with Gasteiger partial charge in [-0.1, -0.05) is 29.3 Å². The summed E-state index contributed by atoms with van der Waals surface area (Å²) in [4.78, 5) is 25.2. The number of carbonyl (C=O) groups is 2. The van der Waals surface area contributed by atoms with E-state index in [1.165, 1.54) is 0 Å². The molecule has 0 bridgehead atoms. The predicted octanol–water partition coefficient (Wildman–Crippen LogP) is 3.42. The van der Waals surface area contributed by atoms with Crippen LogP contribution in [-0.4, -0.2) is 35.0 Å². The zero-order valence-electron chi connectivity index (χ0n) is 12.0. The number of piperidine rings is 1. The lowest BCUT2D eigenvalue weighted by Crippen LogP contribution is -2.41. The standard InChI is InChI=1S/C16H17Cl2NO3/c17-13-2-1-10(7-14(13)18)11-8-12(11)15(20)19-5-3-9(4-6-19)16(21)22/h1-2,7,9,11-12H,3-6,8H2,(H,21,22)/t11-,12-/m1/s1. The lowest BCUT2D eigenvalue weighted by molar-refractivity contribution is -0.146. The first-order valence-corrected chi connectivity index (χ1v) is 8.19. The predicted molar refractivity (Wildman–Crippen MR) is 84.2 cm³/mol. The maximum atomic E-state index is 12.5. The fourth-order valence-electron chi connectivity index (χ4n) is 3.16. The van der Waals surface area contributed by atoms with Crippen molar-refractivity contribution in [1.82, 2.24) is 4.90 Å². The summed E-state index contributed by atoms with van der Waals surface area (Å²) >= 11 is 11.9. The van der Waals surface area contributed by atoms with Crippen LogP contribution in [0.3, 0.4) is 0 Å². The molecule has 2 atom stereocenters. The van der Waals surface area contributed by atoms with Crippen LogP contribution in [0.25, 0.3) is 0 Å². The first kappa shape index (κ1) is 15.6. The van der Waals surface area contributed by atoms with Gasteiger partial charge in [-0.3, -0.25) is 9.59 Å². The first-order chi connectivity index (χ1) is 10.5. The molecule has 2 aliphatic rings. The average molecular weight is 342 g/mol. The third kappa shape index (κ3) is 3.08. The molecule has 4 nitrogen and oxygen atoms in total. The molecule has 2 fully saturated rings. The molecule has 0 unspecified atom stereocenters. The van der Waals surface area contributed by atoms with Crippen LogP contribution in [-0.2, 0) is 9.59 Å². The van der Waals surface area contributed by atoms with Crippen molar-refractivity contribution in [2.24, 2.45) is 11.8 Å². The summed E-state index contributed by atoms with van der Waals surface area (Å²) in [7, 11) is 0. The Morgan fingerprint density at radius 3 is 2.41 bits per heavy atom. The van der Waals surface area contributed by atoms with Crippen molar-refractivity contribution >= 4 is 35.1 Å². The number of likely N-dealkylation sites (tertiary alicyclic amines) is 1. The summed E-state index contributed by atoms with van der Waals surface area (Å²) in [5.41, 5.74) is 1.05. The number of carboxylic acids is 1. The molecule has 1 aromatic rings. The Bertz CT molecular complexity index is 611. The van der Waals surface area contributed by atoms with Gasteiger partial charge in [-0.25, -0.2) is 0 Å². The van der Waals surface area contributed by atoms with E-state index in [1.807, 2.05) is 17.0 Å². The number of aliphatic carboxylic acids is 1. The Morgan fingerprint density at radius 1 is 1.14 bits per heavy atom. The van der Waals surface area contributed by atoms with Gasteiger partial charge in [0.25, 0.3) is 0 Å². The van der Waals surface area contributed by atoms with E-state index in [9.17, 15) is 9.59 Å². The summed E-state index contributed by atoms with van der Waals surface area (Å²) in [6, 6.07) is 5.51. The summed E-state index contributed by atoms with van der Waals surface area (Å²) in [5.74, 6) is -0.723. The van der Waals surface area contributed by atoms with Gasteiger partial charge in [0.2, 0.25) is 5.91 Å². The van der Waals surface area contributed by atoms with Crippen molar-refractivity contribution in [2.45, 2.75) is 25.2 Å². The van der Waals surface area contributed by atoms with Crippen LogP contribution in [0, 0.1) is 11.8 Å². The van der Waals surface area contributed by atoms with Crippen molar-refractivity contribution in [3.05, 3.63) is 33.8 Å². The van der Waals surface area contributed by atoms with Gasteiger partial charge in [-0.15, -0.1) is 0 Å². The summed E-state index contributed by atoms with van der Waals surface area (Å²) in [5, 5.41) is 10.0. The van der Waals surface area contributed by atoms with E-state index in [2.05, 4.69) is 0 Å². The van der Waals surface area contributed by atoms with E-state index in [1.54, 1.807) is 6.07 Å². The topological polar surface area (TPSA) is 57.6 Å². The van der Waals surface area contributed by atoms with Crippen LogP contribution in [0.2, 0.25) is 10.0 Å². The molecular formula is C16H17Cl2NO3. The Balaban J connectivity index is 1.59. The van der Waals surface area contributed by atoms with Gasteiger partial charge in [-0.05, 0) is 42.9 Å². The minimum atomic E-state index is -0.757. The van der Waals surface area contributed by atoms with Crippen molar-refractivity contribution in [1.29, 1.82) is 0 Å². The minimum absolute atomic E-state index is 0.00128. The molecular weight excluding hydrogens is 325 g/mol. The van der Waals surface area contributed by atoms with Crippen LogP contribution in [0.15, 0.2) is 18.2 Å². The highest BCUT2D eigenvalue weighted by Crippen LogP contribution is 2.49. The van der Waals surface area contributed by atoms with E-state index >= 15 is 0 Å². The van der Waals surface area contributed by atoms with Crippen molar-refractivity contribution in [3.63, 3.8) is 0 Å². The number of amides is 1. The smallest absolute Gasteiger partial charge is 0.306 e. The van der Waals surface area contributed by atoms with E-state index in [0.29, 0.717) is 36.0 Å². The Hall–Kier alpha value is -1.26. The van der Waals surface area contributed by atoms with Gasteiger partial charge in [0.05, 0.1) is 16.0 Å². The highest BCUT2D eigenvalue weighted by molar-refractivity contribution is 6.42. The molecule has 1 aliphatic heterocycles. The summed E-state index contributed by atoms with van der Waals surface area (Å²) in [6.07, 6.45) is 1.92. The maximum absolute atomic E-state index is 12.5. The second-order valence-corrected chi connectivity index (χ2v) is 6.87. The lowest BCUT2D eigenvalue weighted by atomic mass is 9.96. The fraction of sp³-hybridized carbons (Fsp3) is 0.500. The van der Waals surface area contributed by atoms with E-state index in [-0.39, 0.29) is 23.7 Å². The highest BCUT2D eigenvalue weighted by Gasteiger charge is 2.46. The third-order valence-electron chi connectivity index (χ3n) is 4.64. The van der Waals surface area contributed by atoms with Gasteiger partial charge in [0.1, 0.15) is 0 Å². The van der Waals surface area contributed by atoms with E-state index in [0.717, 1.165) is 12.0 Å². The molecule has 6 heteroatoms. The van der Waals surface area contributed by atoms with Gasteiger partial charge in [0, 0.05) is 19.0 Å². The number of nitrogens with zero attached hydrogens (tertiary/aromatic N) is 1. The fourth-order valence-corrected chi connectivity index (χ4v) is 3.47. The van der Waals surface area contributed by atoms with Crippen LogP contribution in [0.1, 0.15) is 30.7 Å². The van der Waals surface area contributed by atoms with Gasteiger partial charge in [0.15, 0.2) is 0 Å². The van der Waals surface area contributed by atoms with Crippen molar-refractivity contribution < 1.29 is 14.7 Å². The van der Waals surface area contributed by atoms with Crippen LogP contribution < -0.4 is 0 Å². The molecule has 0 radical (unpaired) electrons. The largest absolute Gasteiger partial charge is 0.481 e. The zero-order valence-corrected chi connectivity index (χ0v) is 13.5. The second kappa shape index (κ2) is 6.09. The normalized spacial score (nSPS) is 25.1. The molecule has 118 valence electrons. The molecule has 0 aromatic heterocycles. The molecule has 1 aliphatic carbocycles. The van der Waals surface area contributed by atoms with E-state index in [4.69, 9.17) is 28.3 Å². The quantitative estimate of drug-likeness (QED) is 0.916. The molecule has 22 heavy (non-hydrogen) atoms. The second-order valence-electron chi connectivity index (χ2n) is 6.06. The van der Waals surface area contributed by atoms with E-state index < -0.39 is 5.97 Å². The van der Waals surface area contributed by atoms with Gasteiger partial charge < -0.3 is 10.0 Å². The third-order valence-corrected chi connectivity index (χ3v) is 5.37. The molecule has 1 heterocycles. The molecule has 1 saturated heterocycles. The monoisotopic (exact) mass is 341 g/mol. The zero-order chi connectivity index (χ0) is 15.9. The minimum Gasteiger partial charge on any atom is -0.481 e. The van der Waals surface area contributed by atoms with Crippen molar-refractivity contribution in [2.75, 3.05) is 13.1 Å². The number of hydrogen-bond acceptors (Lipinski definition) is 2. The summed E-state index contributed by atoms with van der Waals surface area (Å²) < 4.78 is 0. The van der Waals surface area contributed by atoms with Gasteiger partial charge >= 0.3 is 5.97 Å². The number of hydrogen-bond donors (Lipinski definition) is 1. The number of carbonyl (C=O) groups excluding carboxylic acids is 1.